The highest BCUT2D eigenvalue weighted by Gasteiger charge is 2.07. The van der Waals surface area contributed by atoms with Crippen LogP contribution in [-0.2, 0) is 0 Å². The molecule has 0 radical (unpaired) electrons. The van der Waals surface area contributed by atoms with E-state index in [0.717, 1.165) is 0 Å². The minimum Gasteiger partial charge on any atom is -0.394 e. The maximum absolute atomic E-state index is 2.97. The van der Waals surface area contributed by atoms with E-state index in [4.69, 9.17) is 0 Å². The van der Waals surface area contributed by atoms with E-state index < -0.39 is 0 Å². The van der Waals surface area contributed by atoms with E-state index in [1.54, 1.807) is 0 Å². The van der Waals surface area contributed by atoms with E-state index in [1.807, 2.05) is 13.2 Å². The number of hydrogen-bond donors (Lipinski definition) is 1. The molecule has 0 aliphatic heterocycles. The second-order valence-electron chi connectivity index (χ2n) is 3.79. The van der Waals surface area contributed by atoms with E-state index in [1.165, 1.54) is 12.8 Å². The molecule has 0 aromatic heterocycles. The predicted octanol–water partition coefficient (Wildman–Crippen LogP) is 2.55. The molecule has 0 aromatic rings. The lowest BCUT2D eigenvalue weighted by Gasteiger charge is -2.15. The first kappa shape index (κ1) is 9.54. The first-order chi connectivity index (χ1) is 4.56. The van der Waals surface area contributed by atoms with Gasteiger partial charge in [0.2, 0.25) is 0 Å². The first-order valence-corrected chi connectivity index (χ1v) is 3.88. The summed E-state index contributed by atoms with van der Waals surface area (Å²) >= 11 is 0. The largest absolute Gasteiger partial charge is 0.394 e. The van der Waals surface area contributed by atoms with Crippen molar-refractivity contribution in [3.63, 3.8) is 0 Å². The molecule has 60 valence electrons. The van der Waals surface area contributed by atoms with Crippen LogP contribution in [0.25, 0.3) is 0 Å². The highest BCUT2D eigenvalue weighted by atomic mass is 14.8. The van der Waals surface area contributed by atoms with Crippen molar-refractivity contribution in [1.82, 2.24) is 5.32 Å². The molecule has 0 bridgehead atoms. The Morgan fingerprint density at radius 2 is 1.90 bits per heavy atom. The Morgan fingerprint density at radius 1 is 1.30 bits per heavy atom. The van der Waals surface area contributed by atoms with Gasteiger partial charge in [0.1, 0.15) is 0 Å². The predicted molar refractivity (Wildman–Crippen MR) is 46.9 cm³/mol. The van der Waals surface area contributed by atoms with Gasteiger partial charge in [-0.15, -0.1) is 0 Å². The lowest BCUT2D eigenvalue weighted by Crippen LogP contribution is -2.03. The van der Waals surface area contributed by atoms with Crippen LogP contribution >= 0.6 is 0 Å². The molecule has 1 nitrogen and oxygen atoms in total. The smallest absolute Gasteiger partial charge is 0.00276 e. The molecule has 0 amide bonds. The zero-order valence-electron chi connectivity index (χ0n) is 7.57. The van der Waals surface area contributed by atoms with Crippen molar-refractivity contribution in [2.24, 2.45) is 5.41 Å². The molecular formula is C9H19N. The second kappa shape index (κ2) is 4.37. The quantitative estimate of drug-likeness (QED) is 0.637. The van der Waals surface area contributed by atoms with Gasteiger partial charge in [0, 0.05) is 7.05 Å². The van der Waals surface area contributed by atoms with Gasteiger partial charge in [0.05, 0.1) is 0 Å². The lowest BCUT2D eigenvalue weighted by atomic mass is 9.91. The van der Waals surface area contributed by atoms with Crippen LogP contribution in [0.5, 0.6) is 0 Å². The van der Waals surface area contributed by atoms with Crippen molar-refractivity contribution in [3.8, 4) is 0 Å². The van der Waals surface area contributed by atoms with Gasteiger partial charge in [0.25, 0.3) is 0 Å². The van der Waals surface area contributed by atoms with Crippen LogP contribution in [0.3, 0.4) is 0 Å². The molecule has 0 aliphatic carbocycles. The molecule has 1 N–H and O–H groups in total. The monoisotopic (exact) mass is 141 g/mol. The van der Waals surface area contributed by atoms with Crippen molar-refractivity contribution >= 4 is 0 Å². The van der Waals surface area contributed by atoms with Crippen molar-refractivity contribution in [2.45, 2.75) is 33.6 Å². The van der Waals surface area contributed by atoms with E-state index in [-0.39, 0.29) is 0 Å². The maximum Gasteiger partial charge on any atom is 0.00276 e. The van der Waals surface area contributed by atoms with Crippen molar-refractivity contribution in [2.75, 3.05) is 7.05 Å². The Hall–Kier alpha value is -0.460. The van der Waals surface area contributed by atoms with Gasteiger partial charge < -0.3 is 5.32 Å². The zero-order chi connectivity index (χ0) is 8.04. The summed E-state index contributed by atoms with van der Waals surface area (Å²) in [5, 5.41) is 2.97. The summed E-state index contributed by atoms with van der Waals surface area (Å²) in [7, 11) is 1.92. The summed E-state index contributed by atoms with van der Waals surface area (Å²) in [4.78, 5) is 0. The van der Waals surface area contributed by atoms with Gasteiger partial charge in [-0.25, -0.2) is 0 Å². The first-order valence-electron chi connectivity index (χ1n) is 3.88. The third kappa shape index (κ3) is 7.54. The normalized spacial score (nSPS) is 12.4. The molecule has 0 fully saturated rings. The number of rotatable bonds is 3. The van der Waals surface area contributed by atoms with E-state index in [9.17, 15) is 0 Å². The van der Waals surface area contributed by atoms with Crippen LogP contribution in [0.1, 0.15) is 33.6 Å². The average Bonchev–Trinajstić information content (AvgIpc) is 1.78. The molecule has 0 saturated heterocycles. The fourth-order valence-corrected chi connectivity index (χ4v) is 0.718. The van der Waals surface area contributed by atoms with E-state index in [2.05, 4.69) is 32.2 Å². The molecule has 10 heavy (non-hydrogen) atoms. The summed E-state index contributed by atoms with van der Waals surface area (Å²) in [5.74, 6) is 0. The summed E-state index contributed by atoms with van der Waals surface area (Å²) in [6.45, 7) is 6.79. The van der Waals surface area contributed by atoms with Crippen molar-refractivity contribution in [3.05, 3.63) is 12.3 Å². The molecule has 0 atom stereocenters. The Morgan fingerprint density at radius 3 is 2.30 bits per heavy atom. The molecule has 0 unspecified atom stereocenters. The van der Waals surface area contributed by atoms with Crippen molar-refractivity contribution in [1.29, 1.82) is 0 Å². The standard InChI is InChI=1S/C9H19N/c1-9(2,3)7-5-6-8-10-4/h6,8,10H,5,7H2,1-4H3/b8-6+. The van der Waals surface area contributed by atoms with Crippen LogP contribution in [0.15, 0.2) is 12.3 Å². The van der Waals surface area contributed by atoms with Crippen LogP contribution < -0.4 is 5.32 Å². The minimum absolute atomic E-state index is 0.470. The lowest BCUT2D eigenvalue weighted by molar-refractivity contribution is 0.381. The van der Waals surface area contributed by atoms with Gasteiger partial charge >= 0.3 is 0 Å². The second-order valence-corrected chi connectivity index (χ2v) is 3.79. The highest BCUT2D eigenvalue weighted by molar-refractivity contribution is 4.79. The molecular weight excluding hydrogens is 122 g/mol. The average molecular weight is 141 g/mol. The number of hydrogen-bond acceptors (Lipinski definition) is 1. The SMILES string of the molecule is CN/C=C/CCC(C)(C)C. The summed E-state index contributed by atoms with van der Waals surface area (Å²) in [5.41, 5.74) is 0.470. The molecule has 0 heterocycles. The summed E-state index contributed by atoms with van der Waals surface area (Å²) < 4.78 is 0. The summed E-state index contributed by atoms with van der Waals surface area (Å²) in [6, 6.07) is 0. The number of allylic oxidation sites excluding steroid dienone is 1. The van der Waals surface area contributed by atoms with Gasteiger partial charge in [-0.05, 0) is 24.5 Å². The summed E-state index contributed by atoms with van der Waals surface area (Å²) in [6.07, 6.45) is 6.59. The van der Waals surface area contributed by atoms with Crippen molar-refractivity contribution < 1.29 is 0 Å². The molecule has 0 aliphatic rings. The number of nitrogens with one attached hydrogen (secondary N) is 1. The third-order valence-electron chi connectivity index (χ3n) is 1.35. The molecule has 1 heteroatoms. The highest BCUT2D eigenvalue weighted by Crippen LogP contribution is 2.20. The van der Waals surface area contributed by atoms with Gasteiger partial charge in [0.15, 0.2) is 0 Å². The maximum atomic E-state index is 2.97. The van der Waals surface area contributed by atoms with Crippen LogP contribution in [0.2, 0.25) is 0 Å². The molecule has 0 saturated carbocycles. The van der Waals surface area contributed by atoms with E-state index in [0.29, 0.717) is 5.41 Å². The minimum atomic E-state index is 0.470. The fraction of sp³-hybridized carbons (Fsp3) is 0.778. The zero-order valence-corrected chi connectivity index (χ0v) is 7.57. The molecule has 0 spiro atoms. The van der Waals surface area contributed by atoms with Gasteiger partial charge in [-0.3, -0.25) is 0 Å². The van der Waals surface area contributed by atoms with Crippen LogP contribution in [0.4, 0.5) is 0 Å². The Kier molecular flexibility index (Phi) is 4.17. The van der Waals surface area contributed by atoms with Gasteiger partial charge in [-0.2, -0.15) is 0 Å². The van der Waals surface area contributed by atoms with Crippen LogP contribution in [-0.4, -0.2) is 7.05 Å². The molecule has 0 rings (SSSR count). The Bertz CT molecular complexity index is 97.8. The van der Waals surface area contributed by atoms with Gasteiger partial charge in [-0.1, -0.05) is 26.8 Å². The Balaban J connectivity index is 3.28. The topological polar surface area (TPSA) is 12.0 Å². The van der Waals surface area contributed by atoms with Crippen LogP contribution in [0, 0.1) is 5.41 Å². The third-order valence-corrected chi connectivity index (χ3v) is 1.35. The fourth-order valence-electron chi connectivity index (χ4n) is 0.718. The Labute approximate surface area is 64.5 Å². The van der Waals surface area contributed by atoms with E-state index >= 15 is 0 Å². The molecule has 0 aromatic carbocycles.